The fourth-order valence-electron chi connectivity index (χ4n) is 6.05. The van der Waals surface area contributed by atoms with Crippen LogP contribution in [0.1, 0.15) is 23.1 Å². The smallest absolute Gasteiger partial charge is 0.248 e. The monoisotopic (exact) mass is 571 g/mol. The van der Waals surface area contributed by atoms with E-state index in [1.54, 1.807) is 11.8 Å². The lowest BCUT2D eigenvalue weighted by atomic mass is 9.70. The molecule has 2 aromatic carbocycles. The number of alkyl halides is 1. The number of fused-ring (bicyclic) bond motifs is 1. The zero-order valence-electron chi connectivity index (χ0n) is 20.2. The molecule has 190 valence electrons. The van der Waals surface area contributed by atoms with Gasteiger partial charge in [-0.1, -0.05) is 58.4 Å². The molecule has 0 aliphatic carbocycles. The summed E-state index contributed by atoms with van der Waals surface area (Å²) < 4.78 is -0.734. The van der Waals surface area contributed by atoms with Crippen LogP contribution in [0.5, 0.6) is 0 Å². The number of carbonyl (C=O) groups is 3. The van der Waals surface area contributed by atoms with Gasteiger partial charge in [0.15, 0.2) is 0 Å². The zero-order valence-corrected chi connectivity index (χ0v) is 22.6. The number of β-amino-alcohol motifs (C(OH)–C–C–N with tert-alkyl or cyclic N) is 1. The fraction of sp³-hybridized carbons (Fsp3) is 0.444. The third kappa shape index (κ3) is 4.15. The van der Waals surface area contributed by atoms with Gasteiger partial charge in [-0.25, -0.2) is 0 Å². The second-order valence-electron chi connectivity index (χ2n) is 9.93. The van der Waals surface area contributed by atoms with Gasteiger partial charge in [0.2, 0.25) is 17.7 Å². The number of aryl methyl sites for hydroxylation is 2. The molecule has 3 amide bonds. The van der Waals surface area contributed by atoms with Crippen LogP contribution in [0.4, 0.5) is 5.69 Å². The van der Waals surface area contributed by atoms with Crippen molar-refractivity contribution in [3.8, 4) is 0 Å². The van der Waals surface area contributed by atoms with E-state index in [1.807, 2.05) is 62.4 Å². The molecule has 6 atom stereocenters. The zero-order chi connectivity index (χ0) is 25.6. The molecule has 3 aliphatic heterocycles. The van der Waals surface area contributed by atoms with Crippen LogP contribution in [0.25, 0.3) is 0 Å². The standard InChI is InChI=1S/C27H30BrN3O4S/c1-15-8-9-16(2)19(12-15)30-25(34)23-27-13-18(28)22(36-27)20(21(27)26(35)31(23)10-11-32)24(33)29-14-17-6-4-3-5-7-17/h3-9,12,18,20-23,32H,10-11,13-14H2,1-2H3,(H,29,33)(H,30,34)/t18?,20-,21-,22-,23?,27?/m0/s1. The number of hydrogen-bond acceptors (Lipinski definition) is 5. The van der Waals surface area contributed by atoms with E-state index < -0.39 is 22.6 Å². The molecule has 0 aromatic heterocycles. The van der Waals surface area contributed by atoms with Gasteiger partial charge in [-0.15, -0.1) is 11.8 Å². The van der Waals surface area contributed by atoms with E-state index in [-0.39, 0.29) is 41.0 Å². The summed E-state index contributed by atoms with van der Waals surface area (Å²) in [4.78, 5) is 42.6. The van der Waals surface area contributed by atoms with E-state index >= 15 is 0 Å². The SMILES string of the molecule is Cc1ccc(C)c(NC(=O)C2N(CCO)C(=O)[C@@H]3[C@H](C(=O)NCc4ccccc4)[C@H]4SC23CC4Br)c1. The van der Waals surface area contributed by atoms with E-state index in [9.17, 15) is 19.5 Å². The van der Waals surface area contributed by atoms with Crippen molar-refractivity contribution in [1.82, 2.24) is 10.2 Å². The number of carbonyl (C=O) groups excluding carboxylic acids is 3. The van der Waals surface area contributed by atoms with Crippen molar-refractivity contribution in [1.29, 1.82) is 0 Å². The molecule has 0 radical (unpaired) electrons. The van der Waals surface area contributed by atoms with Gasteiger partial charge in [0.05, 0.1) is 23.2 Å². The van der Waals surface area contributed by atoms with Gasteiger partial charge < -0.3 is 20.6 Å². The lowest BCUT2D eigenvalue weighted by Crippen LogP contribution is -2.53. The average Bonchev–Trinajstić information content (AvgIpc) is 3.44. The Morgan fingerprint density at radius 2 is 1.92 bits per heavy atom. The molecular weight excluding hydrogens is 542 g/mol. The Bertz CT molecular complexity index is 1190. The molecule has 3 aliphatic rings. The second kappa shape index (κ2) is 9.84. The first-order valence-corrected chi connectivity index (χ1v) is 14.0. The highest BCUT2D eigenvalue weighted by atomic mass is 79.9. The van der Waals surface area contributed by atoms with Gasteiger partial charge in [-0.3, -0.25) is 14.4 Å². The molecule has 3 unspecified atom stereocenters. The molecular formula is C27H30BrN3O4S. The number of thioether (sulfide) groups is 1. The third-order valence-corrected chi connectivity index (χ3v) is 10.9. The topological polar surface area (TPSA) is 98.7 Å². The number of aliphatic hydroxyl groups is 1. The van der Waals surface area contributed by atoms with Crippen LogP contribution >= 0.6 is 27.7 Å². The van der Waals surface area contributed by atoms with Crippen LogP contribution in [0.15, 0.2) is 48.5 Å². The molecule has 0 saturated carbocycles. The van der Waals surface area contributed by atoms with Gasteiger partial charge >= 0.3 is 0 Å². The molecule has 3 N–H and O–H groups in total. The van der Waals surface area contributed by atoms with E-state index in [2.05, 4.69) is 26.6 Å². The molecule has 9 heteroatoms. The third-order valence-electron chi connectivity index (χ3n) is 7.64. The van der Waals surface area contributed by atoms with Gasteiger partial charge in [0.1, 0.15) is 6.04 Å². The van der Waals surface area contributed by atoms with Gasteiger partial charge in [0, 0.05) is 28.9 Å². The Labute approximate surface area is 223 Å². The van der Waals surface area contributed by atoms with Crippen molar-refractivity contribution in [2.75, 3.05) is 18.5 Å². The summed E-state index contributed by atoms with van der Waals surface area (Å²) >= 11 is 5.35. The average molecular weight is 573 g/mol. The number of halogens is 1. The lowest BCUT2D eigenvalue weighted by Gasteiger charge is -2.35. The Morgan fingerprint density at radius 3 is 2.64 bits per heavy atom. The van der Waals surface area contributed by atoms with Crippen molar-refractivity contribution in [3.63, 3.8) is 0 Å². The number of likely N-dealkylation sites (tertiary alicyclic amines) is 1. The number of nitrogens with zero attached hydrogens (tertiary/aromatic N) is 1. The highest BCUT2D eigenvalue weighted by molar-refractivity contribution is 9.09. The Morgan fingerprint density at radius 1 is 1.17 bits per heavy atom. The van der Waals surface area contributed by atoms with Crippen LogP contribution in [-0.4, -0.2) is 61.7 Å². The number of hydrogen-bond donors (Lipinski definition) is 3. The molecule has 1 spiro atoms. The number of benzene rings is 2. The Hall–Kier alpha value is -2.36. The van der Waals surface area contributed by atoms with E-state index in [1.165, 1.54) is 4.90 Å². The fourth-order valence-corrected chi connectivity index (χ4v) is 9.67. The quantitative estimate of drug-likeness (QED) is 0.444. The number of amides is 3. The molecule has 3 fully saturated rings. The van der Waals surface area contributed by atoms with Crippen molar-refractivity contribution in [2.45, 2.75) is 47.7 Å². The maximum atomic E-state index is 13.8. The number of anilines is 1. The minimum absolute atomic E-state index is 0.00380. The first-order chi connectivity index (χ1) is 17.3. The van der Waals surface area contributed by atoms with Crippen molar-refractivity contribution < 1.29 is 19.5 Å². The van der Waals surface area contributed by atoms with Gasteiger partial charge in [-0.2, -0.15) is 0 Å². The molecule has 2 bridgehead atoms. The summed E-state index contributed by atoms with van der Waals surface area (Å²) in [6.07, 6.45) is 0.605. The maximum Gasteiger partial charge on any atom is 0.248 e. The molecule has 3 heterocycles. The van der Waals surface area contributed by atoms with Crippen molar-refractivity contribution in [3.05, 3.63) is 65.2 Å². The minimum Gasteiger partial charge on any atom is -0.395 e. The maximum absolute atomic E-state index is 13.8. The van der Waals surface area contributed by atoms with E-state index in [4.69, 9.17) is 0 Å². The number of aliphatic hydroxyl groups excluding tert-OH is 1. The van der Waals surface area contributed by atoms with Crippen LogP contribution < -0.4 is 10.6 Å². The van der Waals surface area contributed by atoms with Crippen molar-refractivity contribution >= 4 is 51.1 Å². The van der Waals surface area contributed by atoms with Crippen LogP contribution in [0.3, 0.4) is 0 Å². The normalized spacial score (nSPS) is 30.4. The molecule has 3 saturated heterocycles. The Kier molecular flexibility index (Phi) is 6.91. The minimum atomic E-state index is -0.774. The second-order valence-corrected chi connectivity index (χ2v) is 12.6. The van der Waals surface area contributed by atoms with Crippen LogP contribution in [-0.2, 0) is 20.9 Å². The highest BCUT2D eigenvalue weighted by Crippen LogP contribution is 2.67. The van der Waals surface area contributed by atoms with Crippen LogP contribution in [0.2, 0.25) is 0 Å². The molecule has 7 nitrogen and oxygen atoms in total. The highest BCUT2D eigenvalue weighted by Gasteiger charge is 2.75. The first-order valence-electron chi connectivity index (χ1n) is 12.2. The summed E-state index contributed by atoms with van der Waals surface area (Å²) in [5.74, 6) is -1.83. The summed E-state index contributed by atoms with van der Waals surface area (Å²) in [5, 5.41) is 15.7. The van der Waals surface area contributed by atoms with Gasteiger partial charge in [0.25, 0.3) is 0 Å². The summed E-state index contributed by atoms with van der Waals surface area (Å²) in [5.41, 5.74) is 3.65. The molecule has 36 heavy (non-hydrogen) atoms. The largest absolute Gasteiger partial charge is 0.395 e. The van der Waals surface area contributed by atoms with Crippen LogP contribution in [0, 0.1) is 25.7 Å². The summed E-state index contributed by atoms with van der Waals surface area (Å²) in [6, 6.07) is 14.7. The number of nitrogens with one attached hydrogen (secondary N) is 2. The lowest BCUT2D eigenvalue weighted by molar-refractivity contribution is -0.139. The Balaban J connectivity index is 1.45. The predicted molar refractivity (Wildman–Crippen MR) is 144 cm³/mol. The van der Waals surface area contributed by atoms with Gasteiger partial charge in [-0.05, 0) is 43.0 Å². The molecule has 5 rings (SSSR count). The first kappa shape index (κ1) is 25.3. The predicted octanol–water partition coefficient (Wildman–Crippen LogP) is 3.02. The van der Waals surface area contributed by atoms with Crippen molar-refractivity contribution in [2.24, 2.45) is 11.8 Å². The van der Waals surface area contributed by atoms with E-state index in [0.717, 1.165) is 16.7 Å². The molecule has 2 aromatic rings. The number of rotatable bonds is 7. The summed E-state index contributed by atoms with van der Waals surface area (Å²) in [6.45, 7) is 4.07. The van der Waals surface area contributed by atoms with E-state index in [0.29, 0.717) is 18.7 Å². The summed E-state index contributed by atoms with van der Waals surface area (Å²) in [7, 11) is 0.